The second kappa shape index (κ2) is 13.1. The monoisotopic (exact) mass is 709 g/mol. The zero-order valence-corrected chi connectivity index (χ0v) is 26.6. The number of nitrogen functional groups attached to an aromatic ring is 1. The second-order valence-corrected chi connectivity index (χ2v) is 14.5. The van der Waals surface area contributed by atoms with E-state index in [4.69, 9.17) is 10.6 Å². The highest BCUT2D eigenvalue weighted by molar-refractivity contribution is 8.04. The number of thioether (sulfide) groups is 2. The molecule has 1 saturated heterocycles. The van der Waals surface area contributed by atoms with Crippen molar-refractivity contribution < 1.29 is 37.5 Å². The molecule has 0 spiro atoms. The van der Waals surface area contributed by atoms with Crippen LogP contribution in [0.15, 0.2) is 54.4 Å². The van der Waals surface area contributed by atoms with Crippen LogP contribution in [0.4, 0.5) is 18.3 Å². The van der Waals surface area contributed by atoms with Gasteiger partial charge in [-0.2, -0.15) is 0 Å². The van der Waals surface area contributed by atoms with Crippen molar-refractivity contribution in [2.24, 2.45) is 5.16 Å². The number of aromatic nitrogens is 1. The summed E-state index contributed by atoms with van der Waals surface area (Å²) in [4.78, 5) is 61.9. The van der Waals surface area contributed by atoms with Crippen molar-refractivity contribution in [2.45, 2.75) is 47.4 Å². The lowest BCUT2D eigenvalue weighted by molar-refractivity contribution is -0.150. The lowest BCUT2D eigenvalue weighted by Crippen LogP contribution is -2.71. The molecule has 3 aromatic rings. The molecule has 2 aliphatic heterocycles. The molecule has 0 radical (unpaired) electrons. The minimum absolute atomic E-state index is 0.139. The van der Waals surface area contributed by atoms with Crippen LogP contribution in [0, 0.1) is 17.5 Å². The van der Waals surface area contributed by atoms with Crippen LogP contribution in [0.25, 0.3) is 10.1 Å². The van der Waals surface area contributed by atoms with Gasteiger partial charge in [0.15, 0.2) is 33.7 Å². The van der Waals surface area contributed by atoms with Gasteiger partial charge in [-0.1, -0.05) is 16.9 Å². The minimum Gasteiger partial charge on any atom is -0.477 e. The molecule has 1 aliphatic carbocycles. The van der Waals surface area contributed by atoms with Crippen molar-refractivity contribution in [3.8, 4) is 0 Å². The van der Waals surface area contributed by atoms with Gasteiger partial charge in [0.25, 0.3) is 11.8 Å². The van der Waals surface area contributed by atoms with E-state index in [2.05, 4.69) is 15.5 Å². The van der Waals surface area contributed by atoms with Crippen LogP contribution >= 0.6 is 46.2 Å². The Labute approximate surface area is 274 Å². The van der Waals surface area contributed by atoms with E-state index in [0.29, 0.717) is 6.07 Å². The number of carbonyl (C=O) groups excluding carboxylic acids is 2. The van der Waals surface area contributed by atoms with Gasteiger partial charge >= 0.3 is 5.97 Å². The average Bonchev–Trinajstić information content (AvgIpc) is 3.71. The fraction of sp³-hybridized carbons (Fsp3) is 0.286. The molecule has 4 heterocycles. The third kappa shape index (κ3) is 6.13. The smallest absolute Gasteiger partial charge is 0.352 e. The molecule has 46 heavy (non-hydrogen) atoms. The average molecular weight is 710 g/mol. The molecule has 18 heteroatoms. The number of hydrogen-bond donors (Lipinski definition) is 3. The van der Waals surface area contributed by atoms with E-state index in [1.807, 2.05) is 0 Å². The van der Waals surface area contributed by atoms with Gasteiger partial charge in [0.1, 0.15) is 28.9 Å². The molecule has 240 valence electrons. The first-order chi connectivity index (χ1) is 22.0. The maximum absolute atomic E-state index is 14.3. The number of aliphatic carboxylic acids is 1. The summed E-state index contributed by atoms with van der Waals surface area (Å²) in [6.07, 6.45) is 4.88. The third-order valence-electron chi connectivity index (χ3n) is 7.35. The number of carboxylic acids is 1. The Morgan fingerprint density at radius 3 is 2.65 bits per heavy atom. The number of benzene rings is 1. The van der Waals surface area contributed by atoms with Crippen LogP contribution in [-0.2, 0) is 19.2 Å². The Balaban J connectivity index is 1.18. The van der Waals surface area contributed by atoms with Crippen LogP contribution in [-0.4, -0.2) is 61.8 Å². The van der Waals surface area contributed by atoms with E-state index in [1.165, 1.54) is 23.2 Å². The number of thiazole rings is 1. The first-order valence-corrected chi connectivity index (χ1v) is 17.3. The van der Waals surface area contributed by atoms with E-state index >= 15 is 0 Å². The minimum atomic E-state index is -1.69. The zero-order chi connectivity index (χ0) is 32.7. The van der Waals surface area contributed by atoms with Gasteiger partial charge in [0.05, 0.1) is 8.91 Å². The predicted octanol–water partition coefficient (Wildman–Crippen LogP) is 4.43. The quantitative estimate of drug-likeness (QED) is 0.0953. The number of oxime groups is 1. The van der Waals surface area contributed by atoms with E-state index in [-0.39, 0.29) is 54.0 Å². The predicted molar refractivity (Wildman–Crippen MR) is 169 cm³/mol. The number of carboxylic acid groups (broad SMARTS) is 1. The Kier molecular flexibility index (Phi) is 9.13. The number of nitrogens with two attached hydrogens (primary N) is 1. The molecular formula is C28H22F3N5O6S4. The molecule has 3 aliphatic rings. The van der Waals surface area contributed by atoms with Crippen LogP contribution < -0.4 is 16.5 Å². The molecule has 4 N–H and O–H groups in total. The fourth-order valence-electron chi connectivity index (χ4n) is 5.12. The van der Waals surface area contributed by atoms with Crippen molar-refractivity contribution >= 4 is 84.9 Å². The van der Waals surface area contributed by atoms with Gasteiger partial charge in [0.2, 0.25) is 0 Å². The van der Waals surface area contributed by atoms with Crippen molar-refractivity contribution in [1.29, 1.82) is 0 Å². The molecule has 6 rings (SSSR count). The topological polar surface area (TPSA) is 164 Å². The summed E-state index contributed by atoms with van der Waals surface area (Å²) in [6, 6.07) is 0.733. The van der Waals surface area contributed by atoms with Crippen molar-refractivity contribution in [2.75, 3.05) is 11.5 Å². The molecular weight excluding hydrogens is 688 g/mol. The molecule has 2 aromatic heterocycles. The highest BCUT2D eigenvalue weighted by atomic mass is 32.2. The maximum atomic E-state index is 14.3. The number of nitrogens with one attached hydrogen (secondary N) is 1. The molecule has 1 aromatic carbocycles. The standard InChI is InChI=1S/C28H22F3N5O6S4/c29-14-7-13-16(37)8-17(46-23(13)19(31)18(14)30)43-6-5-11-9-44-26-21(25(39)36(26)22(11)27(40)41)34-24(38)20(15-10-45-28(32)33-15)35-42-12-3-1-2-4-12/h5-8,10,12,21,26H,1-4,9H2,(H2,32,33)(H,34,38)(H,40,41)/t21?,26-/m0/s1. The van der Waals surface area contributed by atoms with Crippen molar-refractivity contribution in [1.82, 2.24) is 15.2 Å². The number of carbonyl (C=O) groups is 3. The van der Waals surface area contributed by atoms with E-state index < -0.39 is 52.1 Å². The Bertz CT molecular complexity index is 1920. The highest BCUT2D eigenvalue weighted by Crippen LogP contribution is 2.41. The molecule has 2 atom stereocenters. The molecule has 1 saturated carbocycles. The normalized spacial score (nSPS) is 20.4. The van der Waals surface area contributed by atoms with Gasteiger partial charge in [-0.25, -0.2) is 22.9 Å². The molecule has 2 amide bonds. The number of rotatable bonds is 9. The number of amides is 2. The number of allylic oxidation sites excluding steroid dienone is 1. The Morgan fingerprint density at radius 2 is 1.96 bits per heavy atom. The van der Waals surface area contributed by atoms with Gasteiger partial charge in [0, 0.05) is 22.6 Å². The van der Waals surface area contributed by atoms with Crippen LogP contribution in [0.5, 0.6) is 0 Å². The first kappa shape index (κ1) is 32.1. The van der Waals surface area contributed by atoms with Crippen LogP contribution in [0.3, 0.4) is 0 Å². The third-order valence-corrected chi connectivity index (χ3v) is 11.4. The van der Waals surface area contributed by atoms with Crippen molar-refractivity contribution in [3.05, 3.63) is 73.6 Å². The second-order valence-electron chi connectivity index (χ2n) is 10.3. The van der Waals surface area contributed by atoms with E-state index in [0.717, 1.165) is 71.1 Å². The number of halogens is 3. The molecule has 2 fully saturated rings. The molecule has 0 bridgehead atoms. The number of hydrogen-bond acceptors (Lipinski definition) is 12. The van der Waals surface area contributed by atoms with Gasteiger partial charge in [-0.3, -0.25) is 19.3 Å². The lowest BCUT2D eigenvalue weighted by atomic mass is 10.0. The Morgan fingerprint density at radius 1 is 1.20 bits per heavy atom. The van der Waals surface area contributed by atoms with Gasteiger partial charge in [-0.15, -0.1) is 34.4 Å². The molecule has 1 unspecified atom stereocenters. The van der Waals surface area contributed by atoms with E-state index in [9.17, 15) is 37.5 Å². The summed E-state index contributed by atoms with van der Waals surface area (Å²) in [5, 5.41) is 18.9. The van der Waals surface area contributed by atoms with Crippen LogP contribution in [0.2, 0.25) is 0 Å². The summed E-state index contributed by atoms with van der Waals surface area (Å²) in [5.74, 6) is -7.21. The SMILES string of the molecule is Nc1nc(C(=NOC2CCCC2)C(=O)NC2C(=O)N3C(C(=O)O)=C(C=CSc4cc(=O)c5cc(F)c(F)c(F)c5s4)CS[C@@H]23)cs1. The Hall–Kier alpha value is -3.87. The van der Waals surface area contributed by atoms with Crippen LogP contribution in [0.1, 0.15) is 31.4 Å². The summed E-state index contributed by atoms with van der Waals surface area (Å²) < 4.78 is 41.5. The summed E-state index contributed by atoms with van der Waals surface area (Å²) in [5.41, 5.74) is 5.07. The lowest BCUT2D eigenvalue weighted by Gasteiger charge is -2.49. The maximum Gasteiger partial charge on any atom is 0.352 e. The van der Waals surface area contributed by atoms with Gasteiger partial charge in [-0.05, 0) is 48.8 Å². The number of anilines is 1. The van der Waals surface area contributed by atoms with Gasteiger partial charge < -0.3 is 21.0 Å². The van der Waals surface area contributed by atoms with E-state index in [1.54, 1.807) is 5.38 Å². The highest BCUT2D eigenvalue weighted by Gasteiger charge is 2.54. The van der Waals surface area contributed by atoms with Crippen molar-refractivity contribution in [3.63, 3.8) is 0 Å². The summed E-state index contributed by atoms with van der Waals surface area (Å²) in [7, 11) is 0. The number of β-lactam (4-membered cyclic amide) rings is 1. The summed E-state index contributed by atoms with van der Waals surface area (Å²) in [6.45, 7) is 0. The summed E-state index contributed by atoms with van der Waals surface area (Å²) >= 11 is 4.01. The number of fused-ring (bicyclic) bond motifs is 2. The zero-order valence-electron chi connectivity index (χ0n) is 23.3. The fourth-order valence-corrected chi connectivity index (χ4v) is 8.95. The number of nitrogens with zero attached hydrogens (tertiary/aromatic N) is 3. The first-order valence-electron chi connectivity index (χ1n) is 13.6. The molecule has 11 nitrogen and oxygen atoms in total. The largest absolute Gasteiger partial charge is 0.477 e.